The van der Waals surface area contributed by atoms with Crippen LogP contribution >= 0.6 is 0 Å². The average Bonchev–Trinajstić information content (AvgIpc) is 2.92. The van der Waals surface area contributed by atoms with Crippen LogP contribution in [0.15, 0.2) is 4.63 Å². The van der Waals surface area contributed by atoms with Gasteiger partial charge in [0, 0.05) is 32.8 Å². The summed E-state index contributed by atoms with van der Waals surface area (Å²) in [5.74, 6) is 2.19. The van der Waals surface area contributed by atoms with Crippen molar-refractivity contribution in [2.24, 2.45) is 5.92 Å². The summed E-state index contributed by atoms with van der Waals surface area (Å²) in [4.78, 5) is 14.0. The van der Waals surface area contributed by atoms with Crippen molar-refractivity contribution >= 4 is 22.9 Å². The van der Waals surface area contributed by atoms with Gasteiger partial charge in [0.2, 0.25) is 11.3 Å². The second kappa shape index (κ2) is 6.88. The summed E-state index contributed by atoms with van der Waals surface area (Å²) in [7, 11) is 0. The van der Waals surface area contributed by atoms with Crippen LogP contribution in [-0.4, -0.2) is 58.2 Å². The molecule has 0 bridgehead atoms. The molecule has 2 saturated heterocycles. The van der Waals surface area contributed by atoms with Gasteiger partial charge in [-0.15, -0.1) is 0 Å². The van der Waals surface area contributed by atoms with E-state index < -0.39 is 0 Å². The third kappa shape index (κ3) is 3.02. The first-order valence-corrected chi connectivity index (χ1v) is 8.96. The molecule has 1 N–H and O–H groups in total. The number of hydrogen-bond acceptors (Lipinski definition) is 8. The topological polar surface area (TPSA) is 91.4 Å². The minimum atomic E-state index is 0.269. The van der Waals surface area contributed by atoms with Gasteiger partial charge in [0.1, 0.15) is 0 Å². The lowest BCUT2D eigenvalue weighted by molar-refractivity contribution is 0.203. The molecule has 130 valence electrons. The van der Waals surface area contributed by atoms with Crippen molar-refractivity contribution in [2.45, 2.75) is 38.5 Å². The van der Waals surface area contributed by atoms with Crippen LogP contribution in [-0.2, 0) is 0 Å². The molecule has 24 heavy (non-hydrogen) atoms. The van der Waals surface area contributed by atoms with Crippen LogP contribution in [0.1, 0.15) is 38.5 Å². The highest BCUT2D eigenvalue weighted by Gasteiger charge is 2.26. The number of hydrogen-bond donors (Lipinski definition) is 1. The Morgan fingerprint density at radius 2 is 1.38 bits per heavy atom. The van der Waals surface area contributed by atoms with Crippen LogP contribution < -0.4 is 9.80 Å². The Kier molecular flexibility index (Phi) is 4.46. The maximum atomic E-state index is 9.37. The Bertz CT molecular complexity index is 674. The van der Waals surface area contributed by atoms with E-state index in [1.807, 2.05) is 0 Å². The van der Waals surface area contributed by atoms with Crippen molar-refractivity contribution in [2.75, 3.05) is 42.6 Å². The van der Waals surface area contributed by atoms with E-state index in [4.69, 9.17) is 14.6 Å². The van der Waals surface area contributed by atoms with Gasteiger partial charge < -0.3 is 14.9 Å². The van der Waals surface area contributed by atoms with E-state index in [2.05, 4.69) is 20.1 Å². The second-order valence-corrected chi connectivity index (χ2v) is 6.80. The van der Waals surface area contributed by atoms with Crippen LogP contribution in [0.25, 0.3) is 11.3 Å². The molecule has 0 spiro atoms. The van der Waals surface area contributed by atoms with E-state index in [1.165, 1.54) is 25.7 Å². The fourth-order valence-electron chi connectivity index (χ4n) is 3.65. The average molecular weight is 332 g/mol. The highest BCUT2D eigenvalue weighted by Crippen LogP contribution is 2.31. The van der Waals surface area contributed by atoms with Crippen molar-refractivity contribution in [3.63, 3.8) is 0 Å². The van der Waals surface area contributed by atoms with Gasteiger partial charge in [0.25, 0.3) is 0 Å². The molecule has 0 aromatic carbocycles. The molecule has 0 amide bonds. The van der Waals surface area contributed by atoms with Crippen molar-refractivity contribution in [1.82, 2.24) is 20.3 Å². The summed E-state index contributed by atoms with van der Waals surface area (Å²) < 4.78 is 4.81. The second-order valence-electron chi connectivity index (χ2n) is 6.80. The van der Waals surface area contributed by atoms with Gasteiger partial charge in [-0.2, -0.15) is 0 Å². The number of aromatic nitrogens is 4. The number of anilines is 2. The smallest absolute Gasteiger partial charge is 0.245 e. The van der Waals surface area contributed by atoms with Crippen molar-refractivity contribution < 1.29 is 9.74 Å². The third-order valence-corrected chi connectivity index (χ3v) is 5.16. The van der Waals surface area contributed by atoms with Gasteiger partial charge in [-0.25, -0.2) is 14.6 Å². The number of aliphatic hydroxyl groups excluding tert-OH is 1. The summed E-state index contributed by atoms with van der Waals surface area (Å²) in [6, 6.07) is 0. The standard InChI is InChI=1S/C16H24N6O2/c23-11-12-5-9-22(10-6-12)16-15(21-7-3-1-2-4-8-21)17-13-14(18-16)20-24-19-13/h12,23H,1-11H2. The lowest BCUT2D eigenvalue weighted by atomic mass is 9.98. The minimum absolute atomic E-state index is 0.269. The first kappa shape index (κ1) is 15.6. The predicted molar refractivity (Wildman–Crippen MR) is 90.1 cm³/mol. The zero-order valence-electron chi connectivity index (χ0n) is 13.9. The highest BCUT2D eigenvalue weighted by molar-refractivity contribution is 5.74. The van der Waals surface area contributed by atoms with Gasteiger partial charge in [-0.3, -0.25) is 0 Å². The first-order valence-electron chi connectivity index (χ1n) is 8.96. The molecule has 2 aliphatic rings. The summed E-state index contributed by atoms with van der Waals surface area (Å²) in [5.41, 5.74) is 0.941. The maximum Gasteiger partial charge on any atom is 0.245 e. The lowest BCUT2D eigenvalue weighted by Gasteiger charge is -2.34. The molecule has 8 heteroatoms. The maximum absolute atomic E-state index is 9.37. The molecule has 0 aliphatic carbocycles. The molecule has 4 heterocycles. The quantitative estimate of drug-likeness (QED) is 0.906. The molecule has 0 unspecified atom stereocenters. The molecule has 4 rings (SSSR count). The van der Waals surface area contributed by atoms with E-state index in [9.17, 15) is 5.11 Å². The molecule has 0 radical (unpaired) electrons. The predicted octanol–water partition coefficient (Wildman–Crippen LogP) is 1.60. The van der Waals surface area contributed by atoms with Crippen LogP contribution in [0.2, 0.25) is 0 Å². The monoisotopic (exact) mass is 332 g/mol. The Balaban J connectivity index is 1.68. The lowest BCUT2D eigenvalue weighted by Crippen LogP contribution is -2.37. The normalized spacial score (nSPS) is 20.5. The number of aliphatic hydroxyl groups is 1. The molecule has 0 saturated carbocycles. The molecule has 0 atom stereocenters. The molecule has 8 nitrogen and oxygen atoms in total. The molecular weight excluding hydrogens is 308 g/mol. The number of rotatable bonds is 3. The van der Waals surface area contributed by atoms with Crippen LogP contribution in [0.3, 0.4) is 0 Å². The van der Waals surface area contributed by atoms with Crippen molar-refractivity contribution in [3.05, 3.63) is 0 Å². The van der Waals surface area contributed by atoms with Gasteiger partial charge in [-0.1, -0.05) is 12.8 Å². The largest absolute Gasteiger partial charge is 0.396 e. The van der Waals surface area contributed by atoms with E-state index >= 15 is 0 Å². The highest BCUT2D eigenvalue weighted by atomic mass is 16.6. The third-order valence-electron chi connectivity index (χ3n) is 5.16. The zero-order chi connectivity index (χ0) is 16.4. The van der Waals surface area contributed by atoms with Crippen molar-refractivity contribution in [3.8, 4) is 0 Å². The fraction of sp³-hybridized carbons (Fsp3) is 0.750. The van der Waals surface area contributed by atoms with E-state index in [1.54, 1.807) is 0 Å². The SMILES string of the molecule is OCC1CCN(c2nc3nonc3nc2N2CCCCCC2)CC1. The first-order chi connectivity index (χ1) is 11.8. The summed E-state index contributed by atoms with van der Waals surface area (Å²) in [5, 5.41) is 17.1. The van der Waals surface area contributed by atoms with Crippen molar-refractivity contribution in [1.29, 1.82) is 0 Å². The van der Waals surface area contributed by atoms with Crippen LogP contribution in [0, 0.1) is 5.92 Å². The zero-order valence-corrected chi connectivity index (χ0v) is 13.9. The van der Waals surface area contributed by atoms with Gasteiger partial charge in [0.05, 0.1) is 0 Å². The molecule has 2 aliphatic heterocycles. The Morgan fingerprint density at radius 3 is 1.92 bits per heavy atom. The molecular formula is C16H24N6O2. The molecule has 2 fully saturated rings. The molecule has 2 aromatic rings. The van der Waals surface area contributed by atoms with Crippen LogP contribution in [0.5, 0.6) is 0 Å². The molecule has 2 aromatic heterocycles. The van der Waals surface area contributed by atoms with Crippen LogP contribution in [0.4, 0.5) is 11.6 Å². The van der Waals surface area contributed by atoms with E-state index in [0.29, 0.717) is 17.2 Å². The fourth-order valence-corrected chi connectivity index (χ4v) is 3.65. The summed E-state index contributed by atoms with van der Waals surface area (Å²) in [6.45, 7) is 4.05. The minimum Gasteiger partial charge on any atom is -0.396 e. The Labute approximate surface area is 140 Å². The number of nitrogens with zero attached hydrogens (tertiary/aromatic N) is 6. The number of piperidine rings is 1. The summed E-state index contributed by atoms with van der Waals surface area (Å²) in [6.07, 6.45) is 6.87. The van der Waals surface area contributed by atoms with E-state index in [0.717, 1.165) is 50.7 Å². The van der Waals surface area contributed by atoms with Gasteiger partial charge >= 0.3 is 0 Å². The van der Waals surface area contributed by atoms with Gasteiger partial charge in [0.15, 0.2) is 11.6 Å². The Hall–Kier alpha value is -1.96. The Morgan fingerprint density at radius 1 is 0.833 bits per heavy atom. The summed E-state index contributed by atoms with van der Waals surface area (Å²) >= 11 is 0. The number of fused-ring (bicyclic) bond motifs is 1. The van der Waals surface area contributed by atoms with E-state index in [-0.39, 0.29) is 6.61 Å². The van der Waals surface area contributed by atoms with Gasteiger partial charge in [-0.05, 0) is 41.9 Å².